The van der Waals surface area contributed by atoms with Gasteiger partial charge in [-0.1, -0.05) is 66.7 Å². The van der Waals surface area contributed by atoms with Crippen molar-refractivity contribution in [1.82, 2.24) is 0 Å². The van der Waals surface area contributed by atoms with Gasteiger partial charge in [0, 0.05) is 32.8 Å². The quantitative estimate of drug-likeness (QED) is 0.408. The molecule has 4 aromatic rings. The second-order valence-electron chi connectivity index (χ2n) is 7.90. The van der Waals surface area contributed by atoms with Crippen LogP contribution < -0.4 is 5.46 Å². The predicted molar refractivity (Wildman–Crippen MR) is 124 cm³/mol. The number of hydrogen-bond acceptors (Lipinski definition) is 4. The van der Waals surface area contributed by atoms with E-state index >= 15 is 0 Å². The standard InChI is InChI=1S/C25H21BO3S/c1-15(27-2)17-7-3-5-9-20(17)26-28-21-14-12-16-11-13-19-18-8-4-6-10-22(18)30-25(19)23(16)24(21)29-26/h3-15,21,24H,1-2H3/t15-,21-,24-/m0/s1. The Hall–Kier alpha value is -2.44. The third-order valence-electron chi connectivity index (χ3n) is 6.26. The van der Waals surface area contributed by atoms with Crippen molar-refractivity contribution in [2.75, 3.05) is 7.11 Å². The number of thiophene rings is 1. The van der Waals surface area contributed by atoms with Gasteiger partial charge in [-0.25, -0.2) is 0 Å². The Labute approximate surface area is 180 Å². The number of hydrogen-bond donors (Lipinski definition) is 0. The average Bonchev–Trinajstić information content (AvgIpc) is 3.39. The van der Waals surface area contributed by atoms with Crippen LogP contribution in [0.3, 0.4) is 0 Å². The molecular weight excluding hydrogens is 391 g/mol. The Morgan fingerprint density at radius 3 is 2.70 bits per heavy atom. The first-order valence-electron chi connectivity index (χ1n) is 10.3. The first-order chi connectivity index (χ1) is 14.7. The summed E-state index contributed by atoms with van der Waals surface area (Å²) in [6, 6.07) is 21.3. The minimum absolute atomic E-state index is 0.0202. The summed E-state index contributed by atoms with van der Waals surface area (Å²) in [7, 11) is 1.32. The van der Waals surface area contributed by atoms with Crippen molar-refractivity contribution in [1.29, 1.82) is 0 Å². The van der Waals surface area contributed by atoms with Gasteiger partial charge >= 0.3 is 7.12 Å². The molecule has 148 valence electrons. The van der Waals surface area contributed by atoms with E-state index in [4.69, 9.17) is 14.0 Å². The molecule has 3 aromatic carbocycles. The molecule has 1 aliphatic heterocycles. The van der Waals surface area contributed by atoms with Crippen LogP contribution in [0.5, 0.6) is 0 Å². The molecule has 0 amide bonds. The summed E-state index contributed by atoms with van der Waals surface area (Å²) in [5, 5.41) is 2.60. The van der Waals surface area contributed by atoms with Gasteiger partial charge in [0.1, 0.15) is 0 Å². The molecule has 1 aliphatic carbocycles. The van der Waals surface area contributed by atoms with Gasteiger partial charge in [0.2, 0.25) is 0 Å². The molecule has 0 unspecified atom stereocenters. The number of benzene rings is 3. The largest absolute Gasteiger partial charge is 0.495 e. The average molecular weight is 412 g/mol. The van der Waals surface area contributed by atoms with Gasteiger partial charge in [0.15, 0.2) is 0 Å². The maximum Gasteiger partial charge on any atom is 0.495 e. The molecule has 1 saturated heterocycles. The molecule has 0 saturated carbocycles. The Kier molecular flexibility index (Phi) is 4.32. The highest BCUT2D eigenvalue weighted by atomic mass is 32.1. The molecule has 3 nitrogen and oxygen atoms in total. The molecule has 6 rings (SSSR count). The summed E-state index contributed by atoms with van der Waals surface area (Å²) >= 11 is 1.84. The van der Waals surface area contributed by atoms with Gasteiger partial charge in [-0.2, -0.15) is 0 Å². The summed E-state index contributed by atoms with van der Waals surface area (Å²) in [5.74, 6) is 0. The first-order valence-corrected chi connectivity index (χ1v) is 11.1. The van der Waals surface area contributed by atoms with Gasteiger partial charge in [-0.05, 0) is 29.6 Å². The summed E-state index contributed by atoms with van der Waals surface area (Å²) in [4.78, 5) is 0. The van der Waals surface area contributed by atoms with Crippen molar-refractivity contribution >= 4 is 50.2 Å². The lowest BCUT2D eigenvalue weighted by molar-refractivity contribution is 0.120. The Balaban J connectivity index is 1.46. The lowest BCUT2D eigenvalue weighted by Gasteiger charge is -2.23. The topological polar surface area (TPSA) is 27.7 Å². The molecule has 30 heavy (non-hydrogen) atoms. The third kappa shape index (κ3) is 2.70. The highest BCUT2D eigenvalue weighted by Gasteiger charge is 2.44. The van der Waals surface area contributed by atoms with E-state index in [2.05, 4.69) is 67.6 Å². The normalized spacial score (nSPS) is 21.2. The molecule has 1 aromatic heterocycles. The van der Waals surface area contributed by atoms with Crippen molar-refractivity contribution < 1.29 is 14.0 Å². The van der Waals surface area contributed by atoms with Crippen LogP contribution in [-0.4, -0.2) is 20.3 Å². The van der Waals surface area contributed by atoms with Crippen LogP contribution >= 0.6 is 11.3 Å². The monoisotopic (exact) mass is 412 g/mol. The van der Waals surface area contributed by atoms with Crippen LogP contribution in [0.15, 0.2) is 66.7 Å². The fraction of sp³-hybridized carbons (Fsp3) is 0.200. The number of methoxy groups -OCH3 is 1. The molecular formula is C25H21BO3S. The smallest absolute Gasteiger partial charge is 0.398 e. The fourth-order valence-corrected chi connectivity index (χ4v) is 5.95. The molecule has 0 bridgehead atoms. The molecule has 0 N–H and O–H groups in total. The van der Waals surface area contributed by atoms with Gasteiger partial charge in [-0.3, -0.25) is 0 Å². The number of rotatable bonds is 3. The van der Waals surface area contributed by atoms with E-state index in [1.165, 1.54) is 31.3 Å². The zero-order valence-corrected chi connectivity index (χ0v) is 17.7. The van der Waals surface area contributed by atoms with Crippen LogP contribution in [0.25, 0.3) is 26.2 Å². The number of fused-ring (bicyclic) bond motifs is 7. The minimum atomic E-state index is -0.408. The Bertz CT molecular complexity index is 1290. The molecule has 2 aliphatic rings. The summed E-state index contributed by atoms with van der Waals surface area (Å²) in [6.07, 6.45) is 4.08. The highest BCUT2D eigenvalue weighted by Crippen LogP contribution is 2.46. The van der Waals surface area contributed by atoms with E-state index in [-0.39, 0.29) is 18.3 Å². The Morgan fingerprint density at radius 2 is 1.80 bits per heavy atom. The SMILES string of the molecule is CO[C@@H](C)c1ccccc1B1O[C@H]2C=Cc3ccc4c(sc5ccccc54)c3[C@H]2O1. The highest BCUT2D eigenvalue weighted by molar-refractivity contribution is 7.26. The predicted octanol–water partition coefficient (Wildman–Crippen LogP) is 5.64. The van der Waals surface area contributed by atoms with E-state index in [0.717, 1.165) is 11.0 Å². The van der Waals surface area contributed by atoms with Gasteiger partial charge in [0.25, 0.3) is 0 Å². The maximum atomic E-state index is 6.59. The van der Waals surface area contributed by atoms with E-state index in [1.807, 2.05) is 23.5 Å². The minimum Gasteiger partial charge on any atom is -0.398 e. The van der Waals surface area contributed by atoms with Crippen molar-refractivity contribution in [3.63, 3.8) is 0 Å². The van der Waals surface area contributed by atoms with E-state index in [9.17, 15) is 0 Å². The van der Waals surface area contributed by atoms with Gasteiger partial charge in [0.05, 0.1) is 18.3 Å². The van der Waals surface area contributed by atoms with Crippen LogP contribution in [0.4, 0.5) is 0 Å². The number of ether oxygens (including phenoxy) is 1. The second kappa shape index (κ2) is 7.07. The maximum absolute atomic E-state index is 6.59. The Morgan fingerprint density at radius 1 is 0.967 bits per heavy atom. The van der Waals surface area contributed by atoms with Crippen molar-refractivity contribution in [2.24, 2.45) is 0 Å². The summed E-state index contributed by atoms with van der Waals surface area (Å²) in [6.45, 7) is 2.05. The van der Waals surface area contributed by atoms with Crippen LogP contribution in [0.2, 0.25) is 0 Å². The molecule has 0 radical (unpaired) electrons. The van der Waals surface area contributed by atoms with Crippen molar-refractivity contribution in [2.45, 2.75) is 25.2 Å². The first kappa shape index (κ1) is 18.3. The second-order valence-corrected chi connectivity index (χ2v) is 8.95. The van der Waals surface area contributed by atoms with Crippen LogP contribution in [0, 0.1) is 0 Å². The zero-order valence-electron chi connectivity index (χ0n) is 16.9. The van der Waals surface area contributed by atoms with Crippen LogP contribution in [0.1, 0.15) is 35.8 Å². The van der Waals surface area contributed by atoms with Crippen LogP contribution in [-0.2, 0) is 14.0 Å². The van der Waals surface area contributed by atoms with Gasteiger partial charge < -0.3 is 14.0 Å². The molecule has 3 atom stereocenters. The summed E-state index contributed by atoms with van der Waals surface area (Å²) in [5.41, 5.74) is 4.62. The van der Waals surface area contributed by atoms with Gasteiger partial charge in [-0.15, -0.1) is 11.3 Å². The van der Waals surface area contributed by atoms with E-state index < -0.39 is 7.12 Å². The zero-order chi connectivity index (χ0) is 20.2. The molecule has 2 heterocycles. The lowest BCUT2D eigenvalue weighted by atomic mass is 9.75. The van der Waals surface area contributed by atoms with Crippen molar-refractivity contribution in [3.05, 3.63) is 83.4 Å². The van der Waals surface area contributed by atoms with E-state index in [0.29, 0.717) is 0 Å². The molecule has 0 spiro atoms. The van der Waals surface area contributed by atoms with Crippen molar-refractivity contribution in [3.8, 4) is 0 Å². The van der Waals surface area contributed by atoms with E-state index in [1.54, 1.807) is 7.11 Å². The molecule has 1 fully saturated rings. The third-order valence-corrected chi connectivity index (χ3v) is 7.48. The fourth-order valence-electron chi connectivity index (χ4n) is 4.67. The molecule has 5 heteroatoms. The lowest BCUT2D eigenvalue weighted by Crippen LogP contribution is -2.36. The summed E-state index contributed by atoms with van der Waals surface area (Å²) < 4.78 is 21.2.